The second kappa shape index (κ2) is 7.66. The number of ether oxygens (including phenoxy) is 1. The van der Waals surface area contributed by atoms with Gasteiger partial charge in [-0.15, -0.1) is 0 Å². The summed E-state index contributed by atoms with van der Waals surface area (Å²) >= 11 is 0. The smallest absolute Gasteiger partial charge is 0.335 e. The van der Waals surface area contributed by atoms with Crippen LogP contribution in [0.3, 0.4) is 0 Å². The lowest BCUT2D eigenvalue weighted by Gasteiger charge is -2.17. The molecule has 1 N–H and O–H groups in total. The lowest BCUT2D eigenvalue weighted by molar-refractivity contribution is 0.0696. The predicted molar refractivity (Wildman–Crippen MR) is 96.9 cm³/mol. The van der Waals surface area contributed by atoms with Gasteiger partial charge in [0.1, 0.15) is 16.5 Å². The van der Waals surface area contributed by atoms with Crippen LogP contribution in [-0.4, -0.2) is 44.0 Å². The molecule has 2 aromatic rings. The molecule has 1 heterocycles. The molecule has 1 atom stereocenters. The molecule has 1 unspecified atom stereocenters. The van der Waals surface area contributed by atoms with E-state index >= 15 is 0 Å². The normalized spacial score (nSPS) is 17.8. The molecule has 0 amide bonds. The average molecular weight is 393 g/mol. The SMILES string of the molecule is COc1ccc(CC2CCN(S(=O)(=O)c3cc(C(=O)O)ccc3F)C2)cc1. The fourth-order valence-corrected chi connectivity index (χ4v) is 4.87. The highest BCUT2D eigenvalue weighted by Gasteiger charge is 2.34. The number of carboxylic acids is 1. The molecule has 1 aliphatic heterocycles. The topological polar surface area (TPSA) is 83.9 Å². The van der Waals surface area contributed by atoms with Crippen LogP contribution in [0.4, 0.5) is 4.39 Å². The minimum absolute atomic E-state index is 0.110. The van der Waals surface area contributed by atoms with Gasteiger partial charge in [0.2, 0.25) is 10.0 Å². The number of carboxylic acid groups (broad SMARTS) is 1. The summed E-state index contributed by atoms with van der Waals surface area (Å²) in [4.78, 5) is 10.5. The molecule has 3 rings (SSSR count). The largest absolute Gasteiger partial charge is 0.497 e. The molecule has 1 saturated heterocycles. The molecule has 2 aromatic carbocycles. The lowest BCUT2D eigenvalue weighted by Crippen LogP contribution is -2.30. The number of methoxy groups -OCH3 is 1. The Morgan fingerprint density at radius 2 is 1.96 bits per heavy atom. The molecule has 0 spiro atoms. The van der Waals surface area contributed by atoms with E-state index in [9.17, 15) is 17.6 Å². The van der Waals surface area contributed by atoms with Gasteiger partial charge in [0.25, 0.3) is 0 Å². The second-order valence-electron chi connectivity index (χ2n) is 6.52. The van der Waals surface area contributed by atoms with E-state index in [1.165, 1.54) is 4.31 Å². The van der Waals surface area contributed by atoms with Crippen LogP contribution in [0.2, 0.25) is 0 Å². The van der Waals surface area contributed by atoms with Gasteiger partial charge >= 0.3 is 5.97 Å². The van der Waals surface area contributed by atoms with Crippen molar-refractivity contribution in [1.82, 2.24) is 4.31 Å². The molecule has 0 saturated carbocycles. The van der Waals surface area contributed by atoms with Crippen molar-refractivity contribution in [3.8, 4) is 5.75 Å². The highest BCUT2D eigenvalue weighted by Crippen LogP contribution is 2.28. The van der Waals surface area contributed by atoms with Crippen molar-refractivity contribution in [2.24, 2.45) is 5.92 Å². The van der Waals surface area contributed by atoms with E-state index in [4.69, 9.17) is 9.84 Å². The molecule has 27 heavy (non-hydrogen) atoms. The highest BCUT2D eigenvalue weighted by atomic mass is 32.2. The van der Waals surface area contributed by atoms with Crippen LogP contribution in [0.1, 0.15) is 22.3 Å². The molecule has 0 aliphatic carbocycles. The van der Waals surface area contributed by atoms with Gasteiger partial charge < -0.3 is 9.84 Å². The van der Waals surface area contributed by atoms with Crippen molar-refractivity contribution in [2.45, 2.75) is 17.7 Å². The van der Waals surface area contributed by atoms with Crippen LogP contribution < -0.4 is 4.74 Å². The monoisotopic (exact) mass is 393 g/mol. The number of sulfonamides is 1. The summed E-state index contributed by atoms with van der Waals surface area (Å²) in [5.74, 6) is -1.38. The van der Waals surface area contributed by atoms with E-state index in [0.717, 1.165) is 29.5 Å². The van der Waals surface area contributed by atoms with Crippen LogP contribution >= 0.6 is 0 Å². The number of rotatable bonds is 6. The number of hydrogen-bond donors (Lipinski definition) is 1. The maximum atomic E-state index is 14.1. The number of nitrogens with zero attached hydrogens (tertiary/aromatic N) is 1. The van der Waals surface area contributed by atoms with Crippen molar-refractivity contribution >= 4 is 16.0 Å². The number of halogens is 1. The zero-order chi connectivity index (χ0) is 19.6. The summed E-state index contributed by atoms with van der Waals surface area (Å²) in [5.41, 5.74) is 0.808. The third-order valence-electron chi connectivity index (χ3n) is 4.73. The van der Waals surface area contributed by atoms with Gasteiger partial charge in [0, 0.05) is 13.1 Å². The average Bonchev–Trinajstić information content (AvgIpc) is 3.11. The van der Waals surface area contributed by atoms with E-state index < -0.39 is 26.7 Å². The van der Waals surface area contributed by atoms with Crippen molar-refractivity contribution in [3.05, 3.63) is 59.4 Å². The fourth-order valence-electron chi connectivity index (χ4n) is 3.25. The van der Waals surface area contributed by atoms with Crippen LogP contribution in [0.15, 0.2) is 47.4 Å². The molecule has 1 aliphatic rings. The summed E-state index contributed by atoms with van der Waals surface area (Å²) in [6.45, 7) is 0.547. The third kappa shape index (κ3) is 4.12. The van der Waals surface area contributed by atoms with Gasteiger partial charge in [-0.2, -0.15) is 4.31 Å². The maximum absolute atomic E-state index is 14.1. The van der Waals surface area contributed by atoms with E-state index in [0.29, 0.717) is 12.8 Å². The Balaban J connectivity index is 1.75. The number of benzene rings is 2. The standard InChI is InChI=1S/C19H20FNO5S/c1-26-16-5-2-13(3-6-16)10-14-8-9-21(12-14)27(24,25)18-11-15(19(22)23)4-7-17(18)20/h2-7,11,14H,8-10,12H2,1H3,(H,22,23). The van der Waals surface area contributed by atoms with Gasteiger partial charge in [0.05, 0.1) is 12.7 Å². The summed E-state index contributed by atoms with van der Waals surface area (Å²) in [6.07, 6.45) is 1.36. The van der Waals surface area contributed by atoms with Gasteiger partial charge in [-0.25, -0.2) is 17.6 Å². The van der Waals surface area contributed by atoms with E-state index in [2.05, 4.69) is 0 Å². The first-order valence-corrected chi connectivity index (χ1v) is 9.91. The van der Waals surface area contributed by atoms with Crippen molar-refractivity contribution < 1.29 is 27.4 Å². The van der Waals surface area contributed by atoms with Gasteiger partial charge in [-0.3, -0.25) is 0 Å². The Morgan fingerprint density at radius 3 is 2.59 bits per heavy atom. The van der Waals surface area contributed by atoms with Crippen LogP contribution in [0.5, 0.6) is 5.75 Å². The Hall–Kier alpha value is -2.45. The molecular weight excluding hydrogens is 373 g/mol. The molecule has 0 bridgehead atoms. The minimum atomic E-state index is -4.09. The summed E-state index contributed by atoms with van der Waals surface area (Å²) in [6, 6.07) is 10.4. The number of hydrogen-bond acceptors (Lipinski definition) is 4. The zero-order valence-electron chi connectivity index (χ0n) is 14.8. The summed E-state index contributed by atoms with van der Waals surface area (Å²) in [5, 5.41) is 9.03. The molecule has 0 radical (unpaired) electrons. The van der Waals surface area contributed by atoms with Crippen LogP contribution in [0, 0.1) is 11.7 Å². The van der Waals surface area contributed by atoms with E-state index in [1.807, 2.05) is 24.3 Å². The summed E-state index contributed by atoms with van der Waals surface area (Å²) in [7, 11) is -2.50. The first kappa shape index (κ1) is 19.3. The Morgan fingerprint density at radius 1 is 1.26 bits per heavy atom. The van der Waals surface area contributed by atoms with Crippen molar-refractivity contribution in [3.63, 3.8) is 0 Å². The van der Waals surface area contributed by atoms with Gasteiger partial charge in [-0.1, -0.05) is 12.1 Å². The zero-order valence-corrected chi connectivity index (χ0v) is 15.6. The number of carbonyl (C=O) groups is 1. The predicted octanol–water partition coefficient (Wildman–Crippen LogP) is 2.79. The number of aromatic carboxylic acids is 1. The first-order valence-electron chi connectivity index (χ1n) is 8.47. The van der Waals surface area contributed by atoms with Crippen LogP contribution in [-0.2, 0) is 16.4 Å². The maximum Gasteiger partial charge on any atom is 0.335 e. The molecular formula is C19H20FNO5S. The Labute approximate surface area is 157 Å². The molecule has 144 valence electrons. The minimum Gasteiger partial charge on any atom is -0.497 e. The van der Waals surface area contributed by atoms with Gasteiger partial charge in [0.15, 0.2) is 0 Å². The molecule has 1 fully saturated rings. The Bertz CT molecular complexity index is 943. The molecule has 0 aromatic heterocycles. The van der Waals surface area contributed by atoms with Crippen molar-refractivity contribution in [1.29, 1.82) is 0 Å². The second-order valence-corrected chi connectivity index (χ2v) is 8.43. The Kier molecular flexibility index (Phi) is 5.48. The third-order valence-corrected chi connectivity index (χ3v) is 6.61. The first-order chi connectivity index (χ1) is 12.8. The molecule has 8 heteroatoms. The van der Waals surface area contributed by atoms with E-state index in [1.54, 1.807) is 7.11 Å². The van der Waals surface area contributed by atoms with Crippen LogP contribution in [0.25, 0.3) is 0 Å². The highest BCUT2D eigenvalue weighted by molar-refractivity contribution is 7.89. The summed E-state index contributed by atoms with van der Waals surface area (Å²) < 4.78 is 46.0. The van der Waals surface area contributed by atoms with Crippen molar-refractivity contribution in [2.75, 3.05) is 20.2 Å². The lowest BCUT2D eigenvalue weighted by atomic mass is 9.99. The fraction of sp³-hybridized carbons (Fsp3) is 0.316. The molecule has 6 nitrogen and oxygen atoms in total. The van der Waals surface area contributed by atoms with E-state index in [-0.39, 0.29) is 24.6 Å². The van der Waals surface area contributed by atoms with Gasteiger partial charge in [-0.05, 0) is 54.7 Å². The quantitative estimate of drug-likeness (QED) is 0.816.